The molecule has 1 aromatic heterocycles. The number of hydrogen-bond acceptors (Lipinski definition) is 3. The first-order chi connectivity index (χ1) is 12.5. The van der Waals surface area contributed by atoms with Crippen molar-refractivity contribution in [3.05, 3.63) is 47.7 Å². The van der Waals surface area contributed by atoms with Crippen LogP contribution < -0.4 is 10.6 Å². The van der Waals surface area contributed by atoms with Crippen molar-refractivity contribution in [1.82, 2.24) is 15.1 Å². The first-order valence-corrected chi connectivity index (χ1v) is 9.23. The third kappa shape index (κ3) is 6.19. The van der Waals surface area contributed by atoms with E-state index in [-0.39, 0.29) is 12.1 Å². The number of aromatic nitrogens is 2. The van der Waals surface area contributed by atoms with Crippen molar-refractivity contribution in [2.24, 2.45) is 5.92 Å². The second-order valence-corrected chi connectivity index (χ2v) is 6.90. The van der Waals surface area contributed by atoms with Crippen LogP contribution in [0.15, 0.2) is 36.5 Å². The lowest BCUT2D eigenvalue weighted by atomic mass is 10.1. The highest BCUT2D eigenvalue weighted by Gasteiger charge is 2.13. The van der Waals surface area contributed by atoms with Crippen LogP contribution in [0.3, 0.4) is 0 Å². The standard InChI is InChI=1S/C20H30N4O2/c1-5-26-14-18-8-6-17(7-9-18)13-21-20(25)23-19-10-11-22-24(19)16(4)12-15(2)3/h6-11,15-16H,5,12-14H2,1-4H3,(H2,21,23,25)/t16-/m1/s1. The average molecular weight is 358 g/mol. The molecule has 0 saturated heterocycles. The first kappa shape index (κ1) is 20.0. The number of nitrogens with zero attached hydrogens (tertiary/aromatic N) is 2. The Labute approximate surface area is 155 Å². The maximum absolute atomic E-state index is 12.2. The second kappa shape index (κ2) is 9.97. The van der Waals surface area contributed by atoms with Crippen molar-refractivity contribution in [2.45, 2.75) is 53.3 Å². The van der Waals surface area contributed by atoms with Crippen molar-refractivity contribution >= 4 is 11.8 Å². The summed E-state index contributed by atoms with van der Waals surface area (Å²) in [5.41, 5.74) is 2.17. The molecule has 0 saturated carbocycles. The molecule has 0 spiro atoms. The summed E-state index contributed by atoms with van der Waals surface area (Å²) >= 11 is 0. The van der Waals surface area contributed by atoms with Gasteiger partial charge in [-0.1, -0.05) is 38.1 Å². The van der Waals surface area contributed by atoms with Gasteiger partial charge < -0.3 is 10.1 Å². The number of urea groups is 1. The number of benzene rings is 1. The van der Waals surface area contributed by atoms with Crippen LogP contribution in [0.5, 0.6) is 0 Å². The number of hydrogen-bond donors (Lipinski definition) is 2. The lowest BCUT2D eigenvalue weighted by Crippen LogP contribution is -2.29. The largest absolute Gasteiger partial charge is 0.377 e. The van der Waals surface area contributed by atoms with E-state index in [0.29, 0.717) is 31.5 Å². The Hall–Kier alpha value is -2.34. The summed E-state index contributed by atoms with van der Waals surface area (Å²) in [6.45, 7) is 10.2. The molecule has 0 aliphatic rings. The number of rotatable bonds is 9. The maximum Gasteiger partial charge on any atom is 0.320 e. The molecule has 2 amide bonds. The molecule has 0 aliphatic carbocycles. The summed E-state index contributed by atoms with van der Waals surface area (Å²) in [6.07, 6.45) is 2.72. The minimum atomic E-state index is -0.234. The highest BCUT2D eigenvalue weighted by atomic mass is 16.5. The Bertz CT molecular complexity index is 679. The van der Waals surface area contributed by atoms with Gasteiger partial charge in [-0.25, -0.2) is 9.48 Å². The van der Waals surface area contributed by atoms with Crippen molar-refractivity contribution in [3.8, 4) is 0 Å². The molecule has 26 heavy (non-hydrogen) atoms. The van der Waals surface area contributed by atoms with Crippen molar-refractivity contribution in [2.75, 3.05) is 11.9 Å². The van der Waals surface area contributed by atoms with Crippen LogP contribution in [-0.4, -0.2) is 22.4 Å². The van der Waals surface area contributed by atoms with Crippen LogP contribution >= 0.6 is 0 Å². The Balaban J connectivity index is 1.85. The number of amides is 2. The number of nitrogens with one attached hydrogen (secondary N) is 2. The summed E-state index contributed by atoms with van der Waals surface area (Å²) in [4.78, 5) is 12.2. The fourth-order valence-corrected chi connectivity index (χ4v) is 2.86. The molecule has 0 aliphatic heterocycles. The molecule has 0 radical (unpaired) electrons. The number of anilines is 1. The number of ether oxygens (including phenoxy) is 1. The van der Waals surface area contributed by atoms with Gasteiger partial charge in [-0.15, -0.1) is 0 Å². The summed E-state index contributed by atoms with van der Waals surface area (Å²) < 4.78 is 7.25. The average Bonchev–Trinajstić information content (AvgIpc) is 3.06. The smallest absolute Gasteiger partial charge is 0.320 e. The first-order valence-electron chi connectivity index (χ1n) is 9.23. The molecule has 1 heterocycles. The molecule has 2 rings (SSSR count). The predicted molar refractivity (Wildman–Crippen MR) is 104 cm³/mol. The highest BCUT2D eigenvalue weighted by molar-refractivity contribution is 5.88. The van der Waals surface area contributed by atoms with E-state index in [1.807, 2.05) is 41.9 Å². The number of carbonyl (C=O) groups excluding carboxylic acids is 1. The summed E-state index contributed by atoms with van der Waals surface area (Å²) in [6, 6.07) is 9.87. The van der Waals surface area contributed by atoms with Crippen LogP contribution in [0.2, 0.25) is 0 Å². The van der Waals surface area contributed by atoms with Gasteiger partial charge in [-0.3, -0.25) is 5.32 Å². The van der Waals surface area contributed by atoms with E-state index in [1.165, 1.54) is 0 Å². The van der Waals surface area contributed by atoms with Gasteiger partial charge >= 0.3 is 6.03 Å². The molecule has 6 heteroatoms. The molecule has 6 nitrogen and oxygen atoms in total. The van der Waals surface area contributed by atoms with E-state index in [0.717, 1.165) is 17.5 Å². The normalized spacial score (nSPS) is 12.2. The summed E-state index contributed by atoms with van der Waals surface area (Å²) in [7, 11) is 0. The molecule has 142 valence electrons. The molecule has 0 bridgehead atoms. The SMILES string of the molecule is CCOCc1ccc(CNC(=O)Nc2ccnn2[C@H](C)CC(C)C)cc1. The zero-order valence-electron chi connectivity index (χ0n) is 16.2. The molecule has 2 aromatic rings. The summed E-state index contributed by atoms with van der Waals surface area (Å²) in [5.74, 6) is 1.28. The van der Waals surface area contributed by atoms with Gasteiger partial charge in [0.1, 0.15) is 5.82 Å². The van der Waals surface area contributed by atoms with E-state index >= 15 is 0 Å². The van der Waals surface area contributed by atoms with Gasteiger partial charge in [0.25, 0.3) is 0 Å². The topological polar surface area (TPSA) is 68.2 Å². The van der Waals surface area contributed by atoms with E-state index in [9.17, 15) is 4.79 Å². The Morgan fingerprint density at radius 1 is 1.15 bits per heavy atom. The van der Waals surface area contributed by atoms with Gasteiger partial charge in [0.05, 0.1) is 18.8 Å². The van der Waals surface area contributed by atoms with Crippen molar-refractivity contribution in [1.29, 1.82) is 0 Å². The Morgan fingerprint density at radius 3 is 2.50 bits per heavy atom. The zero-order chi connectivity index (χ0) is 18.9. The van der Waals surface area contributed by atoms with E-state index in [4.69, 9.17) is 4.74 Å². The number of carbonyl (C=O) groups is 1. The van der Waals surface area contributed by atoms with Crippen LogP contribution in [-0.2, 0) is 17.9 Å². The lowest BCUT2D eigenvalue weighted by Gasteiger charge is -2.18. The third-order valence-corrected chi connectivity index (χ3v) is 4.09. The van der Waals surface area contributed by atoms with Crippen LogP contribution in [0.4, 0.5) is 10.6 Å². The van der Waals surface area contributed by atoms with E-state index in [2.05, 4.69) is 36.5 Å². The fourth-order valence-electron chi connectivity index (χ4n) is 2.86. The summed E-state index contributed by atoms with van der Waals surface area (Å²) in [5, 5.41) is 10.1. The zero-order valence-corrected chi connectivity index (χ0v) is 16.2. The molecule has 0 fully saturated rings. The predicted octanol–water partition coefficient (Wildman–Crippen LogP) is 4.35. The maximum atomic E-state index is 12.2. The van der Waals surface area contributed by atoms with E-state index < -0.39 is 0 Å². The van der Waals surface area contributed by atoms with Gasteiger partial charge in [0, 0.05) is 19.2 Å². The van der Waals surface area contributed by atoms with Gasteiger partial charge in [-0.05, 0) is 37.3 Å². The minimum Gasteiger partial charge on any atom is -0.377 e. The quantitative estimate of drug-likeness (QED) is 0.700. The molecule has 1 aromatic carbocycles. The second-order valence-electron chi connectivity index (χ2n) is 6.90. The van der Waals surface area contributed by atoms with Crippen molar-refractivity contribution in [3.63, 3.8) is 0 Å². The molecular weight excluding hydrogens is 328 g/mol. The van der Waals surface area contributed by atoms with Crippen molar-refractivity contribution < 1.29 is 9.53 Å². The molecular formula is C20H30N4O2. The molecule has 0 unspecified atom stereocenters. The van der Waals surface area contributed by atoms with Gasteiger partial charge in [0.2, 0.25) is 0 Å². The van der Waals surface area contributed by atoms with Gasteiger partial charge in [-0.2, -0.15) is 5.10 Å². The van der Waals surface area contributed by atoms with Gasteiger partial charge in [0.15, 0.2) is 0 Å². The fraction of sp³-hybridized carbons (Fsp3) is 0.500. The monoisotopic (exact) mass is 358 g/mol. The third-order valence-electron chi connectivity index (χ3n) is 4.09. The van der Waals surface area contributed by atoms with E-state index in [1.54, 1.807) is 6.20 Å². The molecule has 2 N–H and O–H groups in total. The minimum absolute atomic E-state index is 0.234. The highest BCUT2D eigenvalue weighted by Crippen LogP contribution is 2.20. The van der Waals surface area contributed by atoms with Crippen LogP contribution in [0.25, 0.3) is 0 Å². The van der Waals surface area contributed by atoms with Crippen LogP contribution in [0.1, 0.15) is 51.3 Å². The lowest BCUT2D eigenvalue weighted by molar-refractivity contribution is 0.134. The van der Waals surface area contributed by atoms with Crippen LogP contribution in [0, 0.1) is 5.92 Å². The molecule has 1 atom stereocenters. The Morgan fingerprint density at radius 2 is 1.85 bits per heavy atom. The Kier molecular flexibility index (Phi) is 7.66.